The van der Waals surface area contributed by atoms with Gasteiger partial charge < -0.3 is 9.84 Å². The maximum absolute atomic E-state index is 12.4. The van der Waals surface area contributed by atoms with E-state index in [0.29, 0.717) is 24.2 Å². The number of carbonyl (C=O) groups is 1. The van der Waals surface area contributed by atoms with Crippen LogP contribution in [0.3, 0.4) is 0 Å². The van der Waals surface area contributed by atoms with Gasteiger partial charge in [-0.25, -0.2) is 0 Å². The summed E-state index contributed by atoms with van der Waals surface area (Å²) < 4.78 is 5.60. The monoisotopic (exact) mass is 384 g/mol. The van der Waals surface area contributed by atoms with Gasteiger partial charge in [0.25, 0.3) is 0 Å². The number of esters is 1. The third-order valence-corrected chi connectivity index (χ3v) is 6.22. The van der Waals surface area contributed by atoms with Gasteiger partial charge in [0.1, 0.15) is 5.75 Å². The molecular formula is C25H36O3. The quantitative estimate of drug-likeness (QED) is 0.404. The summed E-state index contributed by atoms with van der Waals surface area (Å²) in [5.41, 5.74) is 2.93. The van der Waals surface area contributed by atoms with E-state index in [-0.39, 0.29) is 22.7 Å². The number of aryl methyl sites for hydroxylation is 1. The summed E-state index contributed by atoms with van der Waals surface area (Å²) in [4.78, 5) is 12.4. The second-order valence-corrected chi connectivity index (χ2v) is 10.7. The van der Waals surface area contributed by atoms with Crippen LogP contribution in [0, 0.1) is 17.8 Å². The fourth-order valence-corrected chi connectivity index (χ4v) is 4.59. The largest absolute Gasteiger partial charge is 0.507 e. The van der Waals surface area contributed by atoms with Crippen molar-refractivity contribution in [3.8, 4) is 5.75 Å². The molecular weight excluding hydrogens is 348 g/mol. The number of fused-ring (bicyclic) bond motifs is 2. The van der Waals surface area contributed by atoms with Crippen LogP contribution in [0.1, 0.15) is 77.5 Å². The van der Waals surface area contributed by atoms with E-state index in [1.165, 1.54) is 5.56 Å². The molecule has 3 rings (SSSR count). The predicted octanol–water partition coefficient (Wildman–Crippen LogP) is 5.68. The van der Waals surface area contributed by atoms with Gasteiger partial charge in [-0.15, -0.1) is 0 Å². The van der Waals surface area contributed by atoms with Crippen molar-refractivity contribution in [2.24, 2.45) is 17.8 Å². The highest BCUT2D eigenvalue weighted by Gasteiger charge is 2.40. The van der Waals surface area contributed by atoms with Gasteiger partial charge in [0.15, 0.2) is 0 Å². The number of rotatable bonds is 5. The number of hydrogen-bond acceptors (Lipinski definition) is 3. The van der Waals surface area contributed by atoms with Crippen LogP contribution in [-0.2, 0) is 26.8 Å². The van der Waals surface area contributed by atoms with Crippen LogP contribution < -0.4 is 0 Å². The van der Waals surface area contributed by atoms with E-state index in [9.17, 15) is 9.90 Å². The van der Waals surface area contributed by atoms with Gasteiger partial charge in [0.2, 0.25) is 0 Å². The summed E-state index contributed by atoms with van der Waals surface area (Å²) in [6, 6.07) is 4.24. The van der Waals surface area contributed by atoms with Crippen molar-refractivity contribution < 1.29 is 14.6 Å². The highest BCUT2D eigenvalue weighted by atomic mass is 16.5. The zero-order valence-corrected chi connectivity index (χ0v) is 18.3. The maximum atomic E-state index is 12.4. The molecule has 0 heterocycles. The molecule has 154 valence electrons. The summed E-state index contributed by atoms with van der Waals surface area (Å²) in [5, 5.41) is 10.8. The lowest BCUT2D eigenvalue weighted by Crippen LogP contribution is -2.22. The van der Waals surface area contributed by atoms with Gasteiger partial charge in [0, 0.05) is 0 Å². The van der Waals surface area contributed by atoms with Crippen LogP contribution in [0.5, 0.6) is 5.75 Å². The molecule has 0 spiro atoms. The smallest absolute Gasteiger partial charge is 0.309 e. The van der Waals surface area contributed by atoms with Crippen LogP contribution in [-0.4, -0.2) is 17.7 Å². The Labute approximate surface area is 170 Å². The molecule has 3 heteroatoms. The number of aromatic hydroxyl groups is 1. The molecule has 2 aliphatic rings. The van der Waals surface area contributed by atoms with Gasteiger partial charge in [-0.2, -0.15) is 0 Å². The Hall–Kier alpha value is -1.77. The molecule has 1 saturated carbocycles. The molecule has 2 bridgehead atoms. The molecule has 1 N–H and O–H groups in total. The second kappa shape index (κ2) is 7.57. The zero-order chi connectivity index (χ0) is 20.7. The average Bonchev–Trinajstić information content (AvgIpc) is 3.20. The number of benzene rings is 1. The highest BCUT2D eigenvalue weighted by molar-refractivity contribution is 5.74. The Bertz CT molecular complexity index is 726. The fraction of sp³-hybridized carbons (Fsp3) is 0.640. The minimum absolute atomic E-state index is 0.0201. The van der Waals surface area contributed by atoms with E-state index in [4.69, 9.17) is 4.74 Å². The first-order valence-electron chi connectivity index (χ1n) is 10.7. The van der Waals surface area contributed by atoms with Gasteiger partial charge in [-0.3, -0.25) is 4.79 Å². The fourth-order valence-electron chi connectivity index (χ4n) is 4.59. The molecule has 3 atom stereocenters. The Morgan fingerprint density at radius 3 is 2.11 bits per heavy atom. The first kappa shape index (κ1) is 21.0. The summed E-state index contributed by atoms with van der Waals surface area (Å²) >= 11 is 0. The lowest BCUT2D eigenvalue weighted by Gasteiger charge is -2.28. The third kappa shape index (κ3) is 4.45. The van der Waals surface area contributed by atoms with E-state index in [2.05, 4.69) is 65.8 Å². The predicted molar refractivity (Wildman–Crippen MR) is 114 cm³/mol. The van der Waals surface area contributed by atoms with Crippen molar-refractivity contribution in [2.45, 2.75) is 78.1 Å². The molecule has 1 fully saturated rings. The highest BCUT2D eigenvalue weighted by Crippen LogP contribution is 2.44. The Morgan fingerprint density at radius 1 is 1.04 bits per heavy atom. The molecule has 0 aromatic heterocycles. The molecule has 0 radical (unpaired) electrons. The Morgan fingerprint density at radius 2 is 1.64 bits per heavy atom. The molecule has 28 heavy (non-hydrogen) atoms. The van der Waals surface area contributed by atoms with Gasteiger partial charge >= 0.3 is 5.97 Å². The van der Waals surface area contributed by atoms with Crippen molar-refractivity contribution in [3.63, 3.8) is 0 Å². The molecule has 1 aromatic carbocycles. The van der Waals surface area contributed by atoms with Crippen LogP contribution in [0.25, 0.3) is 0 Å². The minimum Gasteiger partial charge on any atom is -0.507 e. The first-order chi connectivity index (χ1) is 13.0. The molecule has 1 aromatic rings. The number of ether oxygens (including phenoxy) is 1. The van der Waals surface area contributed by atoms with E-state index >= 15 is 0 Å². The van der Waals surface area contributed by atoms with Crippen LogP contribution >= 0.6 is 0 Å². The second-order valence-electron chi connectivity index (χ2n) is 10.7. The molecule has 0 saturated heterocycles. The van der Waals surface area contributed by atoms with Gasteiger partial charge in [0.05, 0.1) is 12.5 Å². The molecule has 0 aliphatic heterocycles. The Kier molecular flexibility index (Phi) is 5.67. The van der Waals surface area contributed by atoms with Crippen molar-refractivity contribution in [1.29, 1.82) is 0 Å². The topological polar surface area (TPSA) is 46.5 Å². The van der Waals surface area contributed by atoms with E-state index in [0.717, 1.165) is 36.8 Å². The number of hydrogen-bond donors (Lipinski definition) is 1. The number of carbonyl (C=O) groups excluding carboxylic acids is 1. The molecule has 3 nitrogen and oxygen atoms in total. The number of phenols is 1. The van der Waals surface area contributed by atoms with E-state index in [1.54, 1.807) is 0 Å². The van der Waals surface area contributed by atoms with Crippen LogP contribution in [0.4, 0.5) is 0 Å². The van der Waals surface area contributed by atoms with Crippen LogP contribution in [0.15, 0.2) is 24.3 Å². The van der Waals surface area contributed by atoms with Gasteiger partial charge in [-0.05, 0) is 65.0 Å². The lowest BCUT2D eigenvalue weighted by atomic mass is 9.78. The van der Waals surface area contributed by atoms with E-state index in [1.807, 2.05) is 0 Å². The van der Waals surface area contributed by atoms with Crippen molar-refractivity contribution in [2.75, 3.05) is 6.61 Å². The Balaban J connectivity index is 1.62. The van der Waals surface area contributed by atoms with E-state index < -0.39 is 0 Å². The van der Waals surface area contributed by atoms with Crippen LogP contribution in [0.2, 0.25) is 0 Å². The third-order valence-electron chi connectivity index (χ3n) is 6.22. The standard InChI is InChI=1S/C25H36O3/c1-24(2,3)20-14-16(15-21(22(20)26)25(4,5)6)8-7-11-28-23(27)19-13-17-9-10-18(19)12-17/h9-10,14-15,17-19,26H,7-8,11-13H2,1-6H3/t17-,18+,19?/m1/s1. The zero-order valence-electron chi connectivity index (χ0n) is 18.3. The van der Waals surface area contributed by atoms with Gasteiger partial charge in [-0.1, -0.05) is 65.8 Å². The lowest BCUT2D eigenvalue weighted by molar-refractivity contribution is -0.149. The average molecular weight is 385 g/mol. The molecule has 2 aliphatic carbocycles. The number of allylic oxidation sites excluding steroid dienone is 2. The maximum Gasteiger partial charge on any atom is 0.309 e. The normalized spacial score (nSPS) is 24.0. The molecule has 1 unspecified atom stereocenters. The first-order valence-corrected chi connectivity index (χ1v) is 10.7. The summed E-state index contributed by atoms with van der Waals surface area (Å²) in [6.07, 6.45) is 8.18. The number of phenolic OH excluding ortho intramolecular Hbond substituents is 1. The molecule has 0 amide bonds. The summed E-state index contributed by atoms with van der Waals surface area (Å²) in [6.45, 7) is 13.2. The summed E-state index contributed by atoms with van der Waals surface area (Å²) in [7, 11) is 0. The SMILES string of the molecule is CC(C)(C)c1cc(CCCOC(=O)C2C[C@@H]3C=C[C@H]2C3)cc(C(C)(C)C)c1O. The van der Waals surface area contributed by atoms with Crippen molar-refractivity contribution >= 4 is 5.97 Å². The van der Waals surface area contributed by atoms with Crippen molar-refractivity contribution in [3.05, 3.63) is 41.0 Å². The van der Waals surface area contributed by atoms with Crippen molar-refractivity contribution in [1.82, 2.24) is 0 Å². The minimum atomic E-state index is -0.123. The summed E-state index contributed by atoms with van der Waals surface area (Å²) in [5.74, 6) is 1.46.